The molecule has 14 heavy (non-hydrogen) atoms. The maximum Gasteiger partial charge on any atom is 0.110 e. The Morgan fingerprint density at radius 1 is 1.64 bits per heavy atom. The van der Waals surface area contributed by atoms with E-state index >= 15 is 0 Å². The third-order valence-corrected chi connectivity index (χ3v) is 3.41. The number of nitrogens with zero attached hydrogens (tertiary/aromatic N) is 1. The molecule has 1 aromatic rings. The Kier molecular flexibility index (Phi) is 3.99. The lowest BCUT2D eigenvalue weighted by atomic mass is 10.1. The van der Waals surface area contributed by atoms with Gasteiger partial charge >= 0.3 is 0 Å². The second-order valence-electron chi connectivity index (χ2n) is 3.28. The van der Waals surface area contributed by atoms with Crippen LogP contribution in [-0.2, 0) is 0 Å². The first-order valence-electron chi connectivity index (χ1n) is 4.12. The van der Waals surface area contributed by atoms with Gasteiger partial charge in [-0.3, -0.25) is 0 Å². The second kappa shape index (κ2) is 4.83. The van der Waals surface area contributed by atoms with Gasteiger partial charge in [-0.15, -0.1) is 11.8 Å². The van der Waals surface area contributed by atoms with Crippen molar-refractivity contribution in [3.05, 3.63) is 28.7 Å². The van der Waals surface area contributed by atoms with Crippen LogP contribution in [0.15, 0.2) is 33.6 Å². The lowest BCUT2D eigenvalue weighted by molar-refractivity contribution is 0.682. The number of rotatable bonds is 3. The van der Waals surface area contributed by atoms with Crippen molar-refractivity contribution in [3.8, 4) is 6.07 Å². The minimum Gasteiger partial charge on any atom is -0.313 e. The van der Waals surface area contributed by atoms with Crippen LogP contribution in [0.5, 0.6) is 0 Å². The predicted octanol–water partition coefficient (Wildman–Crippen LogP) is 2.78. The number of hydrogen-bond donors (Lipinski definition) is 1. The third kappa shape index (κ3) is 3.70. The predicted molar refractivity (Wildman–Crippen MR) is 63.1 cm³/mol. The lowest BCUT2D eigenvalue weighted by Gasteiger charge is -2.14. The van der Waals surface area contributed by atoms with E-state index in [1.807, 2.05) is 24.3 Å². The van der Waals surface area contributed by atoms with Crippen molar-refractivity contribution in [2.45, 2.75) is 17.4 Å². The average Bonchev–Trinajstić information content (AvgIpc) is 2.15. The molecule has 74 valence electrons. The van der Waals surface area contributed by atoms with Crippen molar-refractivity contribution in [2.24, 2.45) is 5.73 Å². The van der Waals surface area contributed by atoms with Crippen LogP contribution in [-0.4, -0.2) is 11.3 Å². The molecule has 0 radical (unpaired) electrons. The highest BCUT2D eigenvalue weighted by atomic mass is 79.9. The zero-order valence-corrected chi connectivity index (χ0v) is 10.2. The van der Waals surface area contributed by atoms with Gasteiger partial charge in [-0.1, -0.05) is 22.0 Å². The molecule has 0 aliphatic carbocycles. The summed E-state index contributed by atoms with van der Waals surface area (Å²) in [5, 5.41) is 8.73. The molecular formula is C10H11BrN2S. The summed E-state index contributed by atoms with van der Waals surface area (Å²) in [6.45, 7) is 1.73. The highest BCUT2D eigenvalue weighted by molar-refractivity contribution is 9.10. The summed E-state index contributed by atoms with van der Waals surface area (Å²) < 4.78 is 1.04. The number of thioether (sulfide) groups is 1. The number of halogens is 1. The number of hydrogen-bond acceptors (Lipinski definition) is 3. The van der Waals surface area contributed by atoms with E-state index < -0.39 is 5.54 Å². The number of nitriles is 1. The van der Waals surface area contributed by atoms with E-state index in [1.165, 1.54) is 0 Å². The average molecular weight is 271 g/mol. The van der Waals surface area contributed by atoms with Crippen LogP contribution < -0.4 is 5.73 Å². The summed E-state index contributed by atoms with van der Waals surface area (Å²) in [7, 11) is 0. The Bertz CT molecular complexity index is 357. The zero-order chi connectivity index (χ0) is 10.6. The van der Waals surface area contributed by atoms with Crippen LogP contribution in [0, 0.1) is 11.3 Å². The molecule has 0 amide bonds. The fourth-order valence-corrected chi connectivity index (χ4v) is 2.29. The van der Waals surface area contributed by atoms with Gasteiger partial charge in [0.1, 0.15) is 5.54 Å². The molecule has 0 aliphatic heterocycles. The first-order valence-corrected chi connectivity index (χ1v) is 5.90. The minimum absolute atomic E-state index is 0.597. The second-order valence-corrected chi connectivity index (χ2v) is 5.24. The van der Waals surface area contributed by atoms with E-state index in [1.54, 1.807) is 18.7 Å². The lowest BCUT2D eigenvalue weighted by Crippen LogP contribution is -2.36. The molecule has 0 bridgehead atoms. The summed E-state index contributed by atoms with van der Waals surface area (Å²) in [5.74, 6) is 0.597. The molecule has 1 atom stereocenters. The fraction of sp³-hybridized carbons (Fsp3) is 0.300. The number of benzene rings is 1. The van der Waals surface area contributed by atoms with Crippen molar-refractivity contribution in [3.63, 3.8) is 0 Å². The zero-order valence-electron chi connectivity index (χ0n) is 7.83. The Hall–Kier alpha value is -0.500. The quantitative estimate of drug-likeness (QED) is 0.860. The normalized spacial score (nSPS) is 14.4. The fourth-order valence-electron chi connectivity index (χ4n) is 0.822. The highest BCUT2D eigenvalue weighted by Gasteiger charge is 2.17. The van der Waals surface area contributed by atoms with Crippen LogP contribution in [0.2, 0.25) is 0 Å². The maximum absolute atomic E-state index is 8.73. The van der Waals surface area contributed by atoms with E-state index in [-0.39, 0.29) is 0 Å². The largest absolute Gasteiger partial charge is 0.313 e. The van der Waals surface area contributed by atoms with Gasteiger partial charge in [0.2, 0.25) is 0 Å². The Morgan fingerprint density at radius 2 is 2.36 bits per heavy atom. The molecule has 1 rings (SSSR count). The Morgan fingerprint density at radius 3 is 2.93 bits per heavy atom. The van der Waals surface area contributed by atoms with Crippen molar-refractivity contribution in [2.75, 3.05) is 5.75 Å². The molecule has 0 fully saturated rings. The van der Waals surface area contributed by atoms with Crippen LogP contribution in [0.3, 0.4) is 0 Å². The van der Waals surface area contributed by atoms with Gasteiger partial charge in [0.05, 0.1) is 6.07 Å². The van der Waals surface area contributed by atoms with Crippen LogP contribution >= 0.6 is 27.7 Å². The molecule has 2 N–H and O–H groups in total. The van der Waals surface area contributed by atoms with Gasteiger partial charge < -0.3 is 5.73 Å². The van der Waals surface area contributed by atoms with Crippen LogP contribution in [0.1, 0.15) is 6.92 Å². The standard InChI is InChI=1S/C10H11BrN2S/c1-10(13,6-12)7-14-9-4-2-3-8(11)5-9/h2-5H,7,13H2,1H3. The smallest absolute Gasteiger partial charge is 0.110 e. The van der Waals surface area contributed by atoms with Gasteiger partial charge in [0.15, 0.2) is 0 Å². The molecule has 1 aromatic carbocycles. The topological polar surface area (TPSA) is 49.8 Å². The molecular weight excluding hydrogens is 260 g/mol. The minimum atomic E-state index is -0.757. The maximum atomic E-state index is 8.73. The number of nitrogens with two attached hydrogens (primary N) is 1. The molecule has 1 unspecified atom stereocenters. The third-order valence-electron chi connectivity index (χ3n) is 1.59. The monoisotopic (exact) mass is 270 g/mol. The van der Waals surface area contributed by atoms with Gasteiger partial charge in [0, 0.05) is 15.1 Å². The van der Waals surface area contributed by atoms with Gasteiger partial charge in [-0.05, 0) is 25.1 Å². The van der Waals surface area contributed by atoms with Crippen LogP contribution in [0.4, 0.5) is 0 Å². The van der Waals surface area contributed by atoms with E-state index in [2.05, 4.69) is 22.0 Å². The summed E-state index contributed by atoms with van der Waals surface area (Å²) in [4.78, 5) is 1.12. The summed E-state index contributed by atoms with van der Waals surface area (Å²) in [5.41, 5.74) is 4.95. The highest BCUT2D eigenvalue weighted by Crippen LogP contribution is 2.24. The van der Waals surface area contributed by atoms with Gasteiger partial charge in [-0.25, -0.2) is 0 Å². The molecule has 4 heteroatoms. The van der Waals surface area contributed by atoms with E-state index in [9.17, 15) is 0 Å². The van der Waals surface area contributed by atoms with Crippen molar-refractivity contribution in [1.29, 1.82) is 5.26 Å². The van der Waals surface area contributed by atoms with Crippen molar-refractivity contribution >= 4 is 27.7 Å². The van der Waals surface area contributed by atoms with E-state index in [0.29, 0.717) is 5.75 Å². The Labute approximate surface area is 96.6 Å². The van der Waals surface area contributed by atoms with Crippen LogP contribution in [0.25, 0.3) is 0 Å². The van der Waals surface area contributed by atoms with Gasteiger partial charge in [0.25, 0.3) is 0 Å². The summed E-state index contributed by atoms with van der Waals surface area (Å²) in [6, 6.07) is 10.0. The van der Waals surface area contributed by atoms with Crippen molar-refractivity contribution in [1.82, 2.24) is 0 Å². The van der Waals surface area contributed by atoms with Gasteiger partial charge in [-0.2, -0.15) is 5.26 Å². The molecule has 2 nitrogen and oxygen atoms in total. The first-order chi connectivity index (χ1) is 6.53. The molecule has 0 aliphatic rings. The summed E-state index contributed by atoms with van der Waals surface area (Å²) >= 11 is 4.98. The van der Waals surface area contributed by atoms with Crippen molar-refractivity contribution < 1.29 is 0 Å². The first kappa shape index (κ1) is 11.6. The SMILES string of the molecule is CC(N)(C#N)CSc1cccc(Br)c1. The van der Waals surface area contributed by atoms with E-state index in [4.69, 9.17) is 11.0 Å². The Balaban J connectivity index is 2.59. The van der Waals surface area contributed by atoms with E-state index in [0.717, 1.165) is 9.37 Å². The molecule has 0 spiro atoms. The summed E-state index contributed by atoms with van der Waals surface area (Å²) in [6.07, 6.45) is 0. The molecule has 0 saturated heterocycles. The molecule has 0 aromatic heterocycles. The molecule has 0 heterocycles. The molecule has 0 saturated carbocycles.